The van der Waals surface area contributed by atoms with E-state index in [1.54, 1.807) is 0 Å². The first-order valence-electron chi connectivity index (χ1n) is 6.20. The lowest BCUT2D eigenvalue weighted by Crippen LogP contribution is -1.95. The van der Waals surface area contributed by atoms with Gasteiger partial charge in [-0.25, -0.2) is 14.4 Å². The molecule has 0 spiro atoms. The van der Waals surface area contributed by atoms with Gasteiger partial charge in [0.15, 0.2) is 11.5 Å². The van der Waals surface area contributed by atoms with E-state index in [4.69, 9.17) is 5.26 Å². The van der Waals surface area contributed by atoms with Gasteiger partial charge in [0.05, 0.1) is 23.7 Å². The minimum absolute atomic E-state index is 0.0361. The first-order chi connectivity index (χ1) is 10.7. The summed E-state index contributed by atoms with van der Waals surface area (Å²) in [5.41, 5.74) is 0.554. The molecule has 3 rings (SSSR count). The van der Waals surface area contributed by atoms with Crippen molar-refractivity contribution in [2.75, 3.05) is 5.32 Å². The van der Waals surface area contributed by atoms with Crippen molar-refractivity contribution in [3.8, 4) is 23.1 Å². The summed E-state index contributed by atoms with van der Waals surface area (Å²) < 4.78 is 13.8. The topological polar surface area (TPSA) is 111 Å². The van der Waals surface area contributed by atoms with Crippen LogP contribution in [0.2, 0.25) is 0 Å². The van der Waals surface area contributed by atoms with E-state index in [1.165, 1.54) is 36.7 Å². The highest BCUT2D eigenvalue weighted by molar-refractivity contribution is 5.70. The summed E-state index contributed by atoms with van der Waals surface area (Å²) in [4.78, 5) is 7.85. The van der Waals surface area contributed by atoms with Crippen molar-refractivity contribution in [2.45, 2.75) is 0 Å². The minimum Gasteiger partial charge on any atom is -0.507 e. The summed E-state index contributed by atoms with van der Waals surface area (Å²) >= 11 is 0. The van der Waals surface area contributed by atoms with Gasteiger partial charge in [-0.05, 0) is 12.1 Å². The molecule has 0 unspecified atom stereocenters. The van der Waals surface area contributed by atoms with Crippen LogP contribution >= 0.6 is 0 Å². The van der Waals surface area contributed by atoms with Crippen molar-refractivity contribution >= 4 is 11.6 Å². The van der Waals surface area contributed by atoms with Gasteiger partial charge in [-0.1, -0.05) is 6.07 Å². The molecule has 3 N–H and O–H groups in total. The van der Waals surface area contributed by atoms with Gasteiger partial charge in [0.1, 0.15) is 23.5 Å². The first-order valence-corrected chi connectivity index (χ1v) is 6.20. The number of nitrogens with zero attached hydrogens (tertiary/aromatic N) is 4. The average Bonchev–Trinajstić information content (AvgIpc) is 2.96. The molecule has 2 heterocycles. The first kappa shape index (κ1) is 13.5. The maximum atomic E-state index is 13.8. The van der Waals surface area contributed by atoms with E-state index in [1.807, 2.05) is 6.07 Å². The Labute approximate surface area is 124 Å². The Morgan fingerprint density at radius 1 is 1.23 bits per heavy atom. The molecule has 1 aromatic carbocycles. The molecule has 0 amide bonds. The number of aromatic amines is 1. The molecule has 108 valence electrons. The molecule has 0 atom stereocenters. The standard InChI is InChI=1S/C14H9FN6O/c15-9-2-1-3-11(22)14(9)10-4-12(21-20-10)19-13-7-17-8(5-16)6-18-13/h1-4,6-7,22H,(H2,18,19,20,21). The number of phenols is 1. The highest BCUT2D eigenvalue weighted by Crippen LogP contribution is 2.31. The third-order valence-corrected chi connectivity index (χ3v) is 2.86. The molecule has 0 fully saturated rings. The Morgan fingerprint density at radius 2 is 2.09 bits per heavy atom. The van der Waals surface area contributed by atoms with Gasteiger partial charge in [-0.3, -0.25) is 5.10 Å². The van der Waals surface area contributed by atoms with Gasteiger partial charge in [0.2, 0.25) is 0 Å². The van der Waals surface area contributed by atoms with Crippen molar-refractivity contribution in [3.05, 3.63) is 48.2 Å². The predicted octanol–water partition coefficient (Wildman–Crippen LogP) is 2.33. The van der Waals surface area contributed by atoms with Crippen molar-refractivity contribution in [2.24, 2.45) is 0 Å². The fourth-order valence-electron chi connectivity index (χ4n) is 1.87. The summed E-state index contributed by atoms with van der Waals surface area (Å²) in [6.45, 7) is 0. The molecular weight excluding hydrogens is 287 g/mol. The van der Waals surface area contributed by atoms with Crippen LogP contribution in [0.4, 0.5) is 16.0 Å². The molecule has 0 aliphatic carbocycles. The average molecular weight is 296 g/mol. The number of nitriles is 1. The summed E-state index contributed by atoms with van der Waals surface area (Å²) in [6, 6.07) is 7.43. The van der Waals surface area contributed by atoms with E-state index in [0.29, 0.717) is 17.3 Å². The molecule has 22 heavy (non-hydrogen) atoms. The number of benzene rings is 1. The maximum absolute atomic E-state index is 13.8. The predicted molar refractivity (Wildman–Crippen MR) is 75.7 cm³/mol. The summed E-state index contributed by atoms with van der Waals surface area (Å²) in [5, 5.41) is 27.8. The number of anilines is 2. The number of nitrogens with one attached hydrogen (secondary N) is 2. The van der Waals surface area contributed by atoms with Gasteiger partial charge in [-0.2, -0.15) is 10.4 Å². The van der Waals surface area contributed by atoms with Gasteiger partial charge in [0.25, 0.3) is 0 Å². The van der Waals surface area contributed by atoms with Gasteiger partial charge in [-0.15, -0.1) is 0 Å². The number of phenolic OH excluding ortho intramolecular Hbond substituents is 1. The maximum Gasteiger partial charge on any atom is 0.158 e. The number of halogens is 1. The van der Waals surface area contributed by atoms with E-state index in [9.17, 15) is 9.50 Å². The van der Waals surface area contributed by atoms with Crippen LogP contribution < -0.4 is 5.32 Å². The number of hydrogen-bond acceptors (Lipinski definition) is 6. The summed E-state index contributed by atoms with van der Waals surface area (Å²) in [5.74, 6) is 0.00759. The molecule has 0 aliphatic rings. The Bertz CT molecular complexity index is 832. The Morgan fingerprint density at radius 3 is 2.77 bits per heavy atom. The largest absolute Gasteiger partial charge is 0.507 e. The van der Waals surface area contributed by atoms with Gasteiger partial charge < -0.3 is 10.4 Å². The number of aromatic hydroxyl groups is 1. The smallest absolute Gasteiger partial charge is 0.158 e. The van der Waals surface area contributed by atoms with Crippen molar-refractivity contribution in [3.63, 3.8) is 0 Å². The zero-order valence-electron chi connectivity index (χ0n) is 11.1. The Balaban J connectivity index is 1.86. The lowest BCUT2D eigenvalue weighted by molar-refractivity contribution is 0.471. The van der Waals surface area contributed by atoms with E-state index in [-0.39, 0.29) is 17.0 Å². The molecule has 7 nitrogen and oxygen atoms in total. The van der Waals surface area contributed by atoms with Crippen LogP contribution in [0.5, 0.6) is 5.75 Å². The summed E-state index contributed by atoms with van der Waals surface area (Å²) in [6.07, 6.45) is 2.70. The molecular formula is C14H9FN6O. The third kappa shape index (κ3) is 2.55. The van der Waals surface area contributed by atoms with Crippen molar-refractivity contribution < 1.29 is 9.50 Å². The lowest BCUT2D eigenvalue weighted by atomic mass is 10.1. The highest BCUT2D eigenvalue weighted by atomic mass is 19.1. The highest BCUT2D eigenvalue weighted by Gasteiger charge is 2.13. The molecule has 0 aliphatic heterocycles. The Kier molecular flexibility index (Phi) is 3.37. The van der Waals surface area contributed by atoms with E-state index >= 15 is 0 Å². The minimum atomic E-state index is -0.562. The van der Waals surface area contributed by atoms with Crippen LogP contribution in [0.25, 0.3) is 11.3 Å². The molecule has 2 aromatic heterocycles. The van der Waals surface area contributed by atoms with Crippen LogP contribution in [0.3, 0.4) is 0 Å². The number of rotatable bonds is 3. The quantitative estimate of drug-likeness (QED) is 0.684. The van der Waals surface area contributed by atoms with Gasteiger partial charge in [0, 0.05) is 6.07 Å². The fourth-order valence-corrected chi connectivity index (χ4v) is 1.87. The third-order valence-electron chi connectivity index (χ3n) is 2.86. The van der Waals surface area contributed by atoms with E-state index in [0.717, 1.165) is 0 Å². The molecule has 0 bridgehead atoms. The second-order valence-corrected chi connectivity index (χ2v) is 4.32. The second-order valence-electron chi connectivity index (χ2n) is 4.32. The van der Waals surface area contributed by atoms with Crippen LogP contribution in [0, 0.1) is 17.1 Å². The Hall–Kier alpha value is -3.47. The monoisotopic (exact) mass is 296 g/mol. The lowest BCUT2D eigenvalue weighted by Gasteiger charge is -2.02. The molecule has 0 saturated carbocycles. The van der Waals surface area contributed by atoms with E-state index < -0.39 is 5.82 Å². The van der Waals surface area contributed by atoms with Crippen molar-refractivity contribution in [1.29, 1.82) is 5.26 Å². The zero-order valence-corrected chi connectivity index (χ0v) is 11.1. The molecule has 0 radical (unpaired) electrons. The number of H-pyrrole nitrogens is 1. The number of hydrogen-bond donors (Lipinski definition) is 3. The SMILES string of the molecule is N#Cc1cnc(Nc2cc(-c3c(O)cccc3F)[nH]n2)cn1. The molecule has 0 saturated heterocycles. The molecule has 3 aromatic rings. The molecule has 8 heteroatoms. The number of aromatic nitrogens is 4. The van der Waals surface area contributed by atoms with E-state index in [2.05, 4.69) is 25.5 Å². The van der Waals surface area contributed by atoms with Crippen LogP contribution in [0.1, 0.15) is 5.69 Å². The van der Waals surface area contributed by atoms with Crippen LogP contribution in [0.15, 0.2) is 36.7 Å². The second kappa shape index (κ2) is 5.49. The normalized spacial score (nSPS) is 10.2. The van der Waals surface area contributed by atoms with Crippen LogP contribution in [-0.4, -0.2) is 25.3 Å². The van der Waals surface area contributed by atoms with Gasteiger partial charge >= 0.3 is 0 Å². The van der Waals surface area contributed by atoms with Crippen molar-refractivity contribution in [1.82, 2.24) is 20.2 Å². The van der Waals surface area contributed by atoms with Crippen LogP contribution in [-0.2, 0) is 0 Å². The zero-order chi connectivity index (χ0) is 15.5. The summed E-state index contributed by atoms with van der Waals surface area (Å²) in [7, 11) is 0. The fraction of sp³-hybridized carbons (Fsp3) is 0.